The molecule has 3 fully saturated rings. The Balaban J connectivity index is 1.73. The van der Waals surface area contributed by atoms with Gasteiger partial charge in [-0.15, -0.1) is 0 Å². The smallest absolute Gasteiger partial charge is 0.241 e. The molecule has 2 amide bonds. The Morgan fingerprint density at radius 3 is 2.84 bits per heavy atom. The summed E-state index contributed by atoms with van der Waals surface area (Å²) in [4.78, 5) is 30.4. The normalized spacial score (nSPS) is 23.2. The van der Waals surface area contributed by atoms with Crippen LogP contribution in [0.5, 0.6) is 0 Å². The second kappa shape index (κ2) is 7.24. The second-order valence-electron chi connectivity index (χ2n) is 7.19. The number of nitrogens with zero attached hydrogens (tertiary/aromatic N) is 4. The van der Waals surface area contributed by atoms with Gasteiger partial charge in [-0.1, -0.05) is 12.1 Å². The maximum absolute atomic E-state index is 12.7. The van der Waals surface area contributed by atoms with Crippen molar-refractivity contribution in [2.24, 2.45) is 5.92 Å². The van der Waals surface area contributed by atoms with Crippen molar-refractivity contribution in [1.82, 2.24) is 14.7 Å². The molecule has 0 saturated carbocycles. The Bertz CT molecular complexity index is 710. The van der Waals surface area contributed by atoms with E-state index in [1.807, 2.05) is 18.2 Å². The number of amides is 2. The molecular weight excluding hydrogens is 316 g/mol. The lowest BCUT2D eigenvalue weighted by molar-refractivity contribution is -0.145. The molecule has 1 aromatic rings. The third-order valence-electron chi connectivity index (χ3n) is 5.14. The first-order chi connectivity index (χ1) is 12.0. The minimum Gasteiger partial charge on any atom is -0.347 e. The third kappa shape index (κ3) is 3.83. The number of hydrogen-bond donors (Lipinski definition) is 0. The number of carbonyl (C=O) groups is 2. The van der Waals surface area contributed by atoms with E-state index in [1.165, 1.54) is 4.90 Å². The largest absolute Gasteiger partial charge is 0.347 e. The van der Waals surface area contributed by atoms with Crippen molar-refractivity contribution >= 4 is 11.8 Å². The van der Waals surface area contributed by atoms with Gasteiger partial charge < -0.3 is 9.80 Å². The fourth-order valence-electron chi connectivity index (χ4n) is 3.75. The summed E-state index contributed by atoms with van der Waals surface area (Å²) in [7, 11) is 3.44. The van der Waals surface area contributed by atoms with Crippen molar-refractivity contribution in [2.45, 2.75) is 25.4 Å². The average Bonchev–Trinajstić information content (AvgIpc) is 2.86. The van der Waals surface area contributed by atoms with Crippen LogP contribution in [0.15, 0.2) is 24.3 Å². The van der Waals surface area contributed by atoms with E-state index in [0.29, 0.717) is 5.56 Å². The molecule has 3 aliphatic rings. The monoisotopic (exact) mass is 340 g/mol. The van der Waals surface area contributed by atoms with Gasteiger partial charge in [0, 0.05) is 39.8 Å². The lowest BCUT2D eigenvalue weighted by atomic mass is 9.94. The zero-order valence-corrected chi connectivity index (χ0v) is 14.8. The second-order valence-corrected chi connectivity index (χ2v) is 7.19. The van der Waals surface area contributed by atoms with Gasteiger partial charge >= 0.3 is 0 Å². The summed E-state index contributed by atoms with van der Waals surface area (Å²) in [5, 5.41) is 9.05. The molecule has 4 rings (SSSR count). The van der Waals surface area contributed by atoms with Crippen LogP contribution in [0.25, 0.3) is 0 Å². The Morgan fingerprint density at radius 1 is 1.32 bits per heavy atom. The van der Waals surface area contributed by atoms with Crippen LogP contribution in [-0.2, 0) is 16.1 Å². The van der Waals surface area contributed by atoms with Gasteiger partial charge in [0.2, 0.25) is 11.8 Å². The van der Waals surface area contributed by atoms with Gasteiger partial charge in [-0.3, -0.25) is 14.5 Å². The zero-order chi connectivity index (χ0) is 18.0. The van der Waals surface area contributed by atoms with E-state index in [9.17, 15) is 9.59 Å². The van der Waals surface area contributed by atoms with Crippen LogP contribution in [0.4, 0.5) is 0 Å². The summed E-state index contributed by atoms with van der Waals surface area (Å²) in [6.07, 6.45) is 1.84. The number of rotatable bonds is 4. The average molecular weight is 340 g/mol. The van der Waals surface area contributed by atoms with E-state index in [-0.39, 0.29) is 30.3 Å². The summed E-state index contributed by atoms with van der Waals surface area (Å²) in [6.45, 7) is 2.40. The lowest BCUT2D eigenvalue weighted by Crippen LogP contribution is -2.51. The van der Waals surface area contributed by atoms with E-state index in [4.69, 9.17) is 5.26 Å². The maximum atomic E-state index is 12.7. The molecule has 0 spiro atoms. The predicted octanol–water partition coefficient (Wildman–Crippen LogP) is 1.07. The highest BCUT2D eigenvalue weighted by atomic mass is 16.2. The first-order valence-corrected chi connectivity index (χ1v) is 8.70. The Hall–Kier alpha value is -2.39. The van der Waals surface area contributed by atoms with Crippen LogP contribution in [0.2, 0.25) is 0 Å². The first kappa shape index (κ1) is 17.4. The zero-order valence-electron chi connectivity index (χ0n) is 14.8. The Labute approximate surface area is 148 Å². The van der Waals surface area contributed by atoms with Gasteiger partial charge in [0.05, 0.1) is 17.6 Å². The number of piperidine rings is 1. The molecule has 0 aliphatic carbocycles. The standard InChI is InChI=1S/C19H24N4O2/c1-21(2)18(24)13-23-17-7-6-16(19(23)25)11-22(12-17)10-15-5-3-4-14(8-15)9-20/h3-5,8,16-17H,6-7,10-13H2,1-2H3/t16-,17+/m0/s1. The fourth-order valence-corrected chi connectivity index (χ4v) is 3.75. The highest BCUT2D eigenvalue weighted by Gasteiger charge is 2.41. The molecule has 6 nitrogen and oxygen atoms in total. The van der Waals surface area contributed by atoms with Crippen molar-refractivity contribution in [2.75, 3.05) is 33.7 Å². The predicted molar refractivity (Wildman–Crippen MR) is 93.4 cm³/mol. The van der Waals surface area contributed by atoms with Gasteiger partial charge in [-0.05, 0) is 30.5 Å². The van der Waals surface area contributed by atoms with Crippen molar-refractivity contribution < 1.29 is 9.59 Å². The molecule has 3 aliphatic heterocycles. The van der Waals surface area contributed by atoms with Gasteiger partial charge in [-0.2, -0.15) is 5.26 Å². The van der Waals surface area contributed by atoms with Crippen molar-refractivity contribution in [3.63, 3.8) is 0 Å². The van der Waals surface area contributed by atoms with Crippen LogP contribution in [0.3, 0.4) is 0 Å². The van der Waals surface area contributed by atoms with Crippen molar-refractivity contribution in [1.29, 1.82) is 5.26 Å². The van der Waals surface area contributed by atoms with Gasteiger partial charge in [0.1, 0.15) is 6.54 Å². The van der Waals surface area contributed by atoms with Gasteiger partial charge in [0.25, 0.3) is 0 Å². The van der Waals surface area contributed by atoms with Crippen LogP contribution < -0.4 is 0 Å². The SMILES string of the molecule is CN(C)C(=O)CN1C(=O)[C@H]2CC[C@@H]1CN(Cc1cccc(C#N)c1)C2. The number of likely N-dealkylation sites (N-methyl/N-ethyl adjacent to an activating group) is 1. The van der Waals surface area contributed by atoms with Crippen LogP contribution in [-0.4, -0.2) is 66.3 Å². The summed E-state index contributed by atoms with van der Waals surface area (Å²) in [6, 6.07) is 9.88. The fraction of sp³-hybridized carbons (Fsp3) is 0.526. The molecule has 132 valence electrons. The molecule has 0 N–H and O–H groups in total. The number of benzene rings is 1. The molecule has 0 radical (unpaired) electrons. The van der Waals surface area contributed by atoms with E-state index < -0.39 is 0 Å². The van der Waals surface area contributed by atoms with Crippen molar-refractivity contribution in [3.8, 4) is 6.07 Å². The number of fused-ring (bicyclic) bond motifs is 4. The highest BCUT2D eigenvalue weighted by molar-refractivity contribution is 5.86. The minimum atomic E-state index is -0.0344. The third-order valence-corrected chi connectivity index (χ3v) is 5.14. The first-order valence-electron chi connectivity index (χ1n) is 8.70. The summed E-state index contributed by atoms with van der Waals surface area (Å²) >= 11 is 0. The number of nitriles is 1. The van der Waals surface area contributed by atoms with E-state index >= 15 is 0 Å². The maximum Gasteiger partial charge on any atom is 0.241 e. The molecule has 3 saturated heterocycles. The molecule has 0 unspecified atom stereocenters. The molecule has 2 atom stereocenters. The molecule has 6 heteroatoms. The lowest BCUT2D eigenvalue weighted by Gasteiger charge is -2.36. The summed E-state index contributed by atoms with van der Waals surface area (Å²) in [5.41, 5.74) is 1.74. The summed E-state index contributed by atoms with van der Waals surface area (Å²) in [5.74, 6) is 0.0433. The topological polar surface area (TPSA) is 67.7 Å². The number of carbonyl (C=O) groups excluding carboxylic acids is 2. The van der Waals surface area contributed by atoms with Crippen LogP contribution in [0, 0.1) is 17.2 Å². The van der Waals surface area contributed by atoms with Crippen LogP contribution in [0.1, 0.15) is 24.0 Å². The molecule has 25 heavy (non-hydrogen) atoms. The molecule has 3 heterocycles. The van der Waals surface area contributed by atoms with Gasteiger partial charge in [0.15, 0.2) is 0 Å². The molecule has 0 aromatic heterocycles. The van der Waals surface area contributed by atoms with E-state index in [1.54, 1.807) is 25.1 Å². The molecule has 2 bridgehead atoms. The van der Waals surface area contributed by atoms with Crippen molar-refractivity contribution in [3.05, 3.63) is 35.4 Å². The van der Waals surface area contributed by atoms with Crippen LogP contribution >= 0.6 is 0 Å². The molecule has 1 aromatic carbocycles. The summed E-state index contributed by atoms with van der Waals surface area (Å²) < 4.78 is 0. The quantitative estimate of drug-likeness (QED) is 0.822. The highest BCUT2D eigenvalue weighted by Crippen LogP contribution is 2.29. The minimum absolute atomic E-state index is 0.0332. The Morgan fingerprint density at radius 2 is 2.12 bits per heavy atom. The van der Waals surface area contributed by atoms with Gasteiger partial charge in [-0.25, -0.2) is 0 Å². The Kier molecular flexibility index (Phi) is 5.05. The molecular formula is C19H24N4O2. The van der Waals surface area contributed by atoms with E-state index in [0.717, 1.165) is 38.0 Å². The van der Waals surface area contributed by atoms with E-state index in [2.05, 4.69) is 11.0 Å². The number of hydrogen-bond acceptors (Lipinski definition) is 4.